The van der Waals surface area contributed by atoms with Gasteiger partial charge in [0.2, 0.25) is 5.91 Å². The molecular formula is C19H25NOS3. The fourth-order valence-corrected chi connectivity index (χ4v) is 9.35. The zero-order valence-corrected chi connectivity index (χ0v) is 16.4. The third-order valence-corrected chi connectivity index (χ3v) is 10.7. The van der Waals surface area contributed by atoms with Crippen molar-refractivity contribution in [3.63, 3.8) is 0 Å². The van der Waals surface area contributed by atoms with E-state index in [0.29, 0.717) is 9.99 Å². The number of carbonyl (C=O) groups excluding carboxylic acids is 1. The van der Waals surface area contributed by atoms with Crippen molar-refractivity contribution in [2.45, 2.75) is 34.7 Å². The van der Waals surface area contributed by atoms with Gasteiger partial charge in [0.1, 0.15) is 0 Å². The Hall–Kier alpha value is -0.260. The van der Waals surface area contributed by atoms with Gasteiger partial charge < -0.3 is 5.32 Å². The molecule has 1 saturated heterocycles. The average molecular weight is 380 g/mol. The van der Waals surface area contributed by atoms with Crippen LogP contribution in [0.2, 0.25) is 0 Å². The van der Waals surface area contributed by atoms with Crippen LogP contribution in [0.25, 0.3) is 0 Å². The second-order valence-electron chi connectivity index (χ2n) is 7.01. The molecule has 1 N–H and O–H groups in total. The van der Waals surface area contributed by atoms with Crippen molar-refractivity contribution in [2.24, 2.45) is 17.8 Å². The molecule has 2 nitrogen and oxygen atoms in total. The number of thioether (sulfide) groups is 3. The molecule has 4 rings (SSSR count). The molecule has 3 aliphatic rings. The number of carbonyl (C=O) groups is 1. The monoisotopic (exact) mass is 379 g/mol. The Balaban J connectivity index is 1.25. The highest BCUT2D eigenvalue weighted by molar-refractivity contribution is 8.21. The third kappa shape index (κ3) is 3.36. The van der Waals surface area contributed by atoms with E-state index in [1.807, 2.05) is 17.8 Å². The first-order chi connectivity index (χ1) is 11.8. The Labute approximate surface area is 157 Å². The van der Waals surface area contributed by atoms with Crippen molar-refractivity contribution in [3.05, 3.63) is 30.3 Å². The van der Waals surface area contributed by atoms with Gasteiger partial charge in [-0.2, -0.15) is 0 Å². The molecule has 2 saturated carbocycles. The van der Waals surface area contributed by atoms with Crippen LogP contribution < -0.4 is 5.32 Å². The number of nitrogens with one attached hydrogen (secondary N) is 1. The van der Waals surface area contributed by atoms with E-state index in [0.717, 1.165) is 37.0 Å². The van der Waals surface area contributed by atoms with Crippen molar-refractivity contribution < 1.29 is 4.79 Å². The lowest BCUT2D eigenvalue weighted by Gasteiger charge is -2.42. The molecule has 24 heavy (non-hydrogen) atoms. The Morgan fingerprint density at radius 1 is 1.12 bits per heavy atom. The number of hydrogen-bond donors (Lipinski definition) is 1. The van der Waals surface area contributed by atoms with Crippen LogP contribution in [-0.2, 0) is 4.79 Å². The molecule has 3 atom stereocenters. The van der Waals surface area contributed by atoms with E-state index in [2.05, 4.69) is 53.1 Å². The highest BCUT2D eigenvalue weighted by Gasteiger charge is 2.57. The maximum Gasteiger partial charge on any atom is 0.223 e. The number of rotatable bonds is 5. The molecule has 130 valence electrons. The normalized spacial score (nSPS) is 30.6. The van der Waals surface area contributed by atoms with Crippen LogP contribution in [-0.4, -0.2) is 33.8 Å². The molecule has 1 aromatic carbocycles. The smallest absolute Gasteiger partial charge is 0.223 e. The van der Waals surface area contributed by atoms with Gasteiger partial charge in [-0.25, -0.2) is 0 Å². The number of benzene rings is 1. The van der Waals surface area contributed by atoms with Gasteiger partial charge >= 0.3 is 0 Å². The maximum absolute atomic E-state index is 12.6. The van der Waals surface area contributed by atoms with Crippen LogP contribution in [0.3, 0.4) is 0 Å². The van der Waals surface area contributed by atoms with Gasteiger partial charge in [0.25, 0.3) is 0 Å². The molecule has 2 aliphatic carbocycles. The van der Waals surface area contributed by atoms with Gasteiger partial charge in [-0.15, -0.1) is 35.3 Å². The van der Waals surface area contributed by atoms with E-state index in [1.165, 1.54) is 29.2 Å². The minimum absolute atomic E-state index is 0.261. The van der Waals surface area contributed by atoms with Crippen molar-refractivity contribution in [3.8, 4) is 0 Å². The van der Waals surface area contributed by atoms with E-state index in [1.54, 1.807) is 0 Å². The van der Waals surface area contributed by atoms with Gasteiger partial charge in [0, 0.05) is 34.6 Å². The Morgan fingerprint density at radius 3 is 2.46 bits per heavy atom. The summed E-state index contributed by atoms with van der Waals surface area (Å²) in [5.41, 5.74) is 0. The van der Waals surface area contributed by atoms with Crippen molar-refractivity contribution in [1.29, 1.82) is 0 Å². The average Bonchev–Trinajstić information content (AvgIpc) is 3.14. The van der Waals surface area contributed by atoms with Crippen LogP contribution in [0.1, 0.15) is 25.7 Å². The second-order valence-corrected chi connectivity index (χ2v) is 11.2. The van der Waals surface area contributed by atoms with Gasteiger partial charge in [0.15, 0.2) is 0 Å². The summed E-state index contributed by atoms with van der Waals surface area (Å²) in [7, 11) is 0. The van der Waals surface area contributed by atoms with E-state index in [9.17, 15) is 4.79 Å². The van der Waals surface area contributed by atoms with E-state index in [4.69, 9.17) is 0 Å². The van der Waals surface area contributed by atoms with Crippen molar-refractivity contribution >= 4 is 41.2 Å². The van der Waals surface area contributed by atoms with Crippen LogP contribution in [0.4, 0.5) is 0 Å². The van der Waals surface area contributed by atoms with E-state index < -0.39 is 0 Å². The predicted molar refractivity (Wildman–Crippen MR) is 107 cm³/mol. The highest BCUT2D eigenvalue weighted by atomic mass is 32.2. The fraction of sp³-hybridized carbons (Fsp3) is 0.632. The minimum Gasteiger partial charge on any atom is -0.355 e. The number of hydrogen-bond acceptors (Lipinski definition) is 4. The molecular weight excluding hydrogens is 354 g/mol. The highest BCUT2D eigenvalue weighted by Crippen LogP contribution is 2.65. The largest absolute Gasteiger partial charge is 0.355 e. The molecule has 1 unspecified atom stereocenters. The molecule has 3 fully saturated rings. The minimum atomic E-state index is 0.261. The van der Waals surface area contributed by atoms with Crippen LogP contribution >= 0.6 is 35.3 Å². The van der Waals surface area contributed by atoms with Gasteiger partial charge in [-0.1, -0.05) is 18.2 Å². The van der Waals surface area contributed by atoms with Gasteiger partial charge in [0.05, 0.1) is 4.08 Å². The molecule has 1 aromatic rings. The number of amides is 1. The summed E-state index contributed by atoms with van der Waals surface area (Å²) < 4.78 is 0.486. The Kier molecular flexibility index (Phi) is 5.40. The molecule has 1 aliphatic heterocycles. The zero-order chi connectivity index (χ0) is 16.4. The molecule has 0 aromatic heterocycles. The summed E-state index contributed by atoms with van der Waals surface area (Å²) in [6.07, 6.45) is 4.93. The lowest BCUT2D eigenvalue weighted by atomic mass is 9.79. The summed E-state index contributed by atoms with van der Waals surface area (Å²) in [4.78, 5) is 13.9. The van der Waals surface area contributed by atoms with Gasteiger partial charge in [-0.3, -0.25) is 4.79 Å². The molecule has 5 heteroatoms. The maximum atomic E-state index is 12.6. The first-order valence-corrected chi connectivity index (χ1v) is 12.0. The fourth-order valence-electron chi connectivity index (χ4n) is 4.62. The van der Waals surface area contributed by atoms with Crippen LogP contribution in [0.5, 0.6) is 0 Å². The molecule has 0 radical (unpaired) electrons. The molecule has 1 heterocycles. The zero-order valence-electron chi connectivity index (χ0n) is 13.9. The van der Waals surface area contributed by atoms with Crippen LogP contribution in [0.15, 0.2) is 35.2 Å². The molecule has 1 amide bonds. The standard InChI is InChI=1S/C19H25NOS3/c21-18(20-8-9-22-17-4-2-1-3-5-17)14-12-15-6-7-16(13-14)19(15)23-10-11-24-19/h1-5,14-16H,6-13H2,(H,20,21)/t14?,15-,16+. The molecule has 1 spiro atoms. The second kappa shape index (κ2) is 7.55. The summed E-state index contributed by atoms with van der Waals surface area (Å²) in [6.45, 7) is 0.777. The topological polar surface area (TPSA) is 29.1 Å². The molecule has 2 bridgehead atoms. The van der Waals surface area contributed by atoms with Crippen LogP contribution in [0, 0.1) is 17.8 Å². The SMILES string of the molecule is O=C(NCCSc1ccccc1)C1C[C@H]2CC[C@@H](C1)C21SCCS1. The summed E-state index contributed by atoms with van der Waals surface area (Å²) in [5, 5.41) is 3.20. The Bertz CT molecular complexity index is 557. The van der Waals surface area contributed by atoms with Gasteiger partial charge in [-0.05, 0) is 49.7 Å². The predicted octanol–water partition coefficient (Wildman–Crippen LogP) is 4.51. The first-order valence-electron chi connectivity index (χ1n) is 9.01. The lowest BCUT2D eigenvalue weighted by molar-refractivity contribution is -0.126. The third-order valence-electron chi connectivity index (χ3n) is 5.66. The Morgan fingerprint density at radius 2 is 1.79 bits per heavy atom. The summed E-state index contributed by atoms with van der Waals surface area (Å²) >= 11 is 6.23. The summed E-state index contributed by atoms with van der Waals surface area (Å²) in [6, 6.07) is 10.4. The lowest BCUT2D eigenvalue weighted by Crippen LogP contribution is -2.43. The van der Waals surface area contributed by atoms with Crippen molar-refractivity contribution in [1.82, 2.24) is 5.32 Å². The quantitative estimate of drug-likeness (QED) is 0.602. The summed E-state index contributed by atoms with van der Waals surface area (Å²) in [5.74, 6) is 5.67. The van der Waals surface area contributed by atoms with E-state index in [-0.39, 0.29) is 5.92 Å². The first kappa shape index (κ1) is 17.2. The van der Waals surface area contributed by atoms with E-state index >= 15 is 0 Å². The van der Waals surface area contributed by atoms with Crippen molar-refractivity contribution in [2.75, 3.05) is 23.8 Å².